The fourth-order valence-corrected chi connectivity index (χ4v) is 4.15. The van der Waals surface area contributed by atoms with Gasteiger partial charge in [0.2, 0.25) is 0 Å². The number of carbonyl (C=O) groups excluding carboxylic acids is 2. The Morgan fingerprint density at radius 2 is 1.89 bits per heavy atom. The van der Waals surface area contributed by atoms with Gasteiger partial charge in [-0.25, -0.2) is 4.79 Å². The van der Waals surface area contributed by atoms with Gasteiger partial charge in [0.15, 0.2) is 6.61 Å². The zero-order valence-corrected chi connectivity index (χ0v) is 15.9. The first-order valence-corrected chi connectivity index (χ1v) is 9.99. The van der Waals surface area contributed by atoms with Gasteiger partial charge >= 0.3 is 5.97 Å². The molecule has 0 unspecified atom stereocenters. The van der Waals surface area contributed by atoms with Crippen molar-refractivity contribution in [2.24, 2.45) is 5.92 Å². The molecule has 2 heterocycles. The zero-order chi connectivity index (χ0) is 18.8. The topological polar surface area (TPSA) is 59.5 Å². The van der Waals surface area contributed by atoms with Crippen LogP contribution >= 0.6 is 0 Å². The zero-order valence-electron chi connectivity index (χ0n) is 15.9. The lowest BCUT2D eigenvalue weighted by molar-refractivity contribution is -0.135. The van der Waals surface area contributed by atoms with Gasteiger partial charge in [-0.1, -0.05) is 25.1 Å². The third-order valence-electron chi connectivity index (χ3n) is 5.84. The molecule has 0 bridgehead atoms. The summed E-state index contributed by atoms with van der Waals surface area (Å²) in [6.07, 6.45) is 5.92. The molecule has 0 N–H and O–H groups in total. The predicted molar refractivity (Wildman–Crippen MR) is 104 cm³/mol. The number of ether oxygens (including phenoxy) is 1. The lowest BCUT2D eigenvalue weighted by Crippen LogP contribution is -2.40. The summed E-state index contributed by atoms with van der Waals surface area (Å²) in [5.41, 5.74) is 3.43. The van der Waals surface area contributed by atoms with Crippen LogP contribution in [0.2, 0.25) is 0 Å². The van der Waals surface area contributed by atoms with E-state index in [-0.39, 0.29) is 12.5 Å². The average Bonchev–Trinajstić information content (AvgIpc) is 2.70. The number of hydrogen-bond donors (Lipinski definition) is 0. The first kappa shape index (κ1) is 18.0. The van der Waals surface area contributed by atoms with Crippen LogP contribution in [0.15, 0.2) is 24.3 Å². The third-order valence-corrected chi connectivity index (χ3v) is 5.84. The molecule has 142 valence electrons. The highest BCUT2D eigenvalue weighted by atomic mass is 16.5. The minimum atomic E-state index is -0.398. The van der Waals surface area contributed by atoms with Crippen LogP contribution in [-0.4, -0.2) is 41.5 Å². The van der Waals surface area contributed by atoms with Crippen LogP contribution in [0.25, 0.3) is 10.9 Å². The summed E-state index contributed by atoms with van der Waals surface area (Å²) in [5.74, 6) is 0.166. The number of esters is 1. The largest absolute Gasteiger partial charge is 0.452 e. The van der Waals surface area contributed by atoms with E-state index < -0.39 is 5.97 Å². The van der Waals surface area contributed by atoms with E-state index in [1.165, 1.54) is 0 Å². The van der Waals surface area contributed by atoms with E-state index in [4.69, 9.17) is 9.72 Å². The van der Waals surface area contributed by atoms with E-state index in [1.54, 1.807) is 0 Å². The number of para-hydroxylation sites is 1. The number of carbonyl (C=O) groups is 2. The van der Waals surface area contributed by atoms with Gasteiger partial charge in [0.05, 0.1) is 11.1 Å². The van der Waals surface area contributed by atoms with E-state index >= 15 is 0 Å². The highest BCUT2D eigenvalue weighted by Gasteiger charge is 2.25. The Morgan fingerprint density at radius 1 is 1.15 bits per heavy atom. The van der Waals surface area contributed by atoms with E-state index in [2.05, 4.69) is 6.92 Å². The average molecular weight is 366 g/mol. The second-order valence-corrected chi connectivity index (χ2v) is 7.78. The van der Waals surface area contributed by atoms with Crippen molar-refractivity contribution in [1.82, 2.24) is 9.88 Å². The van der Waals surface area contributed by atoms with Gasteiger partial charge < -0.3 is 9.64 Å². The number of pyridine rings is 1. The summed E-state index contributed by atoms with van der Waals surface area (Å²) in [6.45, 7) is 3.54. The minimum Gasteiger partial charge on any atom is -0.452 e. The van der Waals surface area contributed by atoms with Crippen molar-refractivity contribution in [3.05, 3.63) is 41.1 Å². The summed E-state index contributed by atoms with van der Waals surface area (Å²) < 4.78 is 5.49. The van der Waals surface area contributed by atoms with Crippen LogP contribution in [0, 0.1) is 5.92 Å². The number of nitrogens with zero attached hydrogens (tertiary/aromatic N) is 2. The number of rotatable bonds is 3. The maximum absolute atomic E-state index is 12.9. The summed E-state index contributed by atoms with van der Waals surface area (Å²) in [6, 6.07) is 7.69. The first-order chi connectivity index (χ1) is 13.1. The van der Waals surface area contributed by atoms with E-state index in [9.17, 15) is 9.59 Å². The number of fused-ring (bicyclic) bond motifs is 2. The molecule has 0 spiro atoms. The van der Waals surface area contributed by atoms with Crippen LogP contribution in [0.4, 0.5) is 0 Å². The van der Waals surface area contributed by atoms with Gasteiger partial charge in [0, 0.05) is 24.2 Å². The molecule has 1 amide bonds. The molecular weight excluding hydrogens is 340 g/mol. The fourth-order valence-electron chi connectivity index (χ4n) is 4.15. The summed E-state index contributed by atoms with van der Waals surface area (Å²) in [7, 11) is 0. The molecule has 0 saturated carbocycles. The van der Waals surface area contributed by atoms with E-state index in [1.807, 2.05) is 29.2 Å². The van der Waals surface area contributed by atoms with Gasteiger partial charge in [-0.05, 0) is 56.1 Å². The Labute approximate surface area is 159 Å². The molecule has 1 aliphatic carbocycles. The molecular formula is C22H26N2O3. The molecule has 1 fully saturated rings. The molecule has 2 aromatic rings. The summed E-state index contributed by atoms with van der Waals surface area (Å²) in [5, 5.41) is 0.822. The second kappa shape index (κ2) is 7.67. The third kappa shape index (κ3) is 3.68. The molecule has 4 rings (SSSR count). The lowest BCUT2D eigenvalue weighted by atomic mass is 9.90. The number of likely N-dealkylation sites (tertiary alicyclic amines) is 1. The Morgan fingerprint density at radius 3 is 2.70 bits per heavy atom. The maximum Gasteiger partial charge on any atom is 0.339 e. The molecule has 5 nitrogen and oxygen atoms in total. The van der Waals surface area contributed by atoms with Gasteiger partial charge in [0.1, 0.15) is 0 Å². The Kier molecular flexibility index (Phi) is 5.10. The van der Waals surface area contributed by atoms with Crippen molar-refractivity contribution in [1.29, 1.82) is 0 Å². The van der Waals surface area contributed by atoms with Crippen molar-refractivity contribution in [2.45, 2.75) is 45.4 Å². The van der Waals surface area contributed by atoms with Gasteiger partial charge in [-0.3, -0.25) is 9.78 Å². The Balaban J connectivity index is 1.55. The molecule has 1 aliphatic heterocycles. The minimum absolute atomic E-state index is 0.0949. The SMILES string of the molecule is CC1CCN(C(=O)COC(=O)c2c3c(nc4ccccc24)CCCC3)CC1. The van der Waals surface area contributed by atoms with Crippen molar-refractivity contribution < 1.29 is 14.3 Å². The van der Waals surface area contributed by atoms with Crippen molar-refractivity contribution in [3.63, 3.8) is 0 Å². The molecule has 1 aromatic carbocycles. The number of aryl methyl sites for hydroxylation is 1. The highest BCUT2D eigenvalue weighted by Crippen LogP contribution is 2.29. The highest BCUT2D eigenvalue weighted by molar-refractivity contribution is 6.05. The summed E-state index contributed by atoms with van der Waals surface area (Å²) >= 11 is 0. The quantitative estimate of drug-likeness (QED) is 0.780. The molecule has 2 aliphatic rings. The van der Waals surface area contributed by atoms with Crippen molar-refractivity contribution in [2.75, 3.05) is 19.7 Å². The standard InChI is InChI=1S/C22H26N2O3/c1-15-10-12-24(13-11-15)20(25)14-27-22(26)21-16-6-2-4-8-18(16)23-19-9-5-3-7-17(19)21/h2,4,6,8,15H,3,5,7,9-14H2,1H3. The number of amides is 1. The molecule has 5 heteroatoms. The predicted octanol–water partition coefficient (Wildman–Crippen LogP) is 3.53. The molecule has 1 aromatic heterocycles. The summed E-state index contributed by atoms with van der Waals surface area (Å²) in [4.78, 5) is 31.9. The Bertz CT molecular complexity index is 869. The lowest BCUT2D eigenvalue weighted by Gasteiger charge is -2.30. The van der Waals surface area contributed by atoms with Gasteiger partial charge in [-0.15, -0.1) is 0 Å². The first-order valence-electron chi connectivity index (χ1n) is 9.99. The van der Waals surface area contributed by atoms with Crippen molar-refractivity contribution in [3.8, 4) is 0 Å². The van der Waals surface area contributed by atoms with E-state index in [0.717, 1.165) is 73.8 Å². The van der Waals surface area contributed by atoms with Crippen LogP contribution in [0.3, 0.4) is 0 Å². The number of hydrogen-bond acceptors (Lipinski definition) is 4. The van der Waals surface area contributed by atoms with Crippen molar-refractivity contribution >= 4 is 22.8 Å². The fraction of sp³-hybridized carbons (Fsp3) is 0.500. The normalized spacial score (nSPS) is 17.6. The van der Waals surface area contributed by atoms with Gasteiger partial charge in [-0.2, -0.15) is 0 Å². The molecule has 1 saturated heterocycles. The monoisotopic (exact) mass is 366 g/mol. The molecule has 0 atom stereocenters. The van der Waals surface area contributed by atoms with E-state index in [0.29, 0.717) is 11.5 Å². The second-order valence-electron chi connectivity index (χ2n) is 7.78. The van der Waals surface area contributed by atoms with Crippen LogP contribution in [0.5, 0.6) is 0 Å². The number of piperidine rings is 1. The number of aromatic nitrogens is 1. The molecule has 27 heavy (non-hydrogen) atoms. The molecule has 0 radical (unpaired) electrons. The van der Waals surface area contributed by atoms with Crippen LogP contribution in [0.1, 0.15) is 54.2 Å². The smallest absolute Gasteiger partial charge is 0.339 e. The van der Waals surface area contributed by atoms with Gasteiger partial charge in [0.25, 0.3) is 5.91 Å². The maximum atomic E-state index is 12.9. The Hall–Kier alpha value is -2.43. The van der Waals surface area contributed by atoms with Crippen LogP contribution in [-0.2, 0) is 22.4 Å². The van der Waals surface area contributed by atoms with Crippen LogP contribution < -0.4 is 0 Å². The number of benzene rings is 1.